The molecule has 1 aliphatic heterocycles. The van der Waals surface area contributed by atoms with E-state index in [0.29, 0.717) is 36.4 Å². The lowest BCUT2D eigenvalue weighted by molar-refractivity contribution is -0.130. The Labute approximate surface area is 234 Å². The van der Waals surface area contributed by atoms with Gasteiger partial charge < -0.3 is 14.6 Å². The van der Waals surface area contributed by atoms with Gasteiger partial charge >= 0.3 is 0 Å². The first-order valence-corrected chi connectivity index (χ1v) is 14.6. The van der Waals surface area contributed by atoms with Gasteiger partial charge in [-0.05, 0) is 42.0 Å². The van der Waals surface area contributed by atoms with Crippen molar-refractivity contribution in [2.45, 2.75) is 29.4 Å². The van der Waals surface area contributed by atoms with Crippen LogP contribution >= 0.6 is 0 Å². The number of carbonyl (C=O) groups is 1. The van der Waals surface area contributed by atoms with E-state index in [1.807, 2.05) is 30.3 Å². The number of ether oxygens (including phenoxy) is 2. The average molecular weight is 564 g/mol. The number of aliphatic imine (C=N–C) groups is 1. The van der Waals surface area contributed by atoms with Crippen LogP contribution in [0.15, 0.2) is 107 Å². The van der Waals surface area contributed by atoms with Crippen molar-refractivity contribution < 1.29 is 27.8 Å². The highest BCUT2D eigenvalue weighted by Crippen LogP contribution is 2.43. The predicted molar refractivity (Wildman–Crippen MR) is 153 cm³/mol. The summed E-state index contributed by atoms with van der Waals surface area (Å²) in [5, 5.41) is 8.98. The number of carbonyl (C=O) groups excluding carboxylic acids is 1. The minimum absolute atomic E-state index is 0.0371. The fourth-order valence-corrected chi connectivity index (χ4v) is 5.73. The second-order valence-electron chi connectivity index (χ2n) is 9.21. The highest BCUT2D eigenvalue weighted by atomic mass is 32.2. The van der Waals surface area contributed by atoms with Crippen LogP contribution in [-0.4, -0.2) is 56.4 Å². The lowest BCUT2D eigenvalue weighted by atomic mass is 9.85. The topological polar surface area (TPSA) is 126 Å². The molecule has 0 saturated heterocycles. The molecule has 0 spiro atoms. The molecule has 2 atom stereocenters. The minimum atomic E-state index is -3.72. The van der Waals surface area contributed by atoms with Crippen molar-refractivity contribution in [1.82, 2.24) is 10.9 Å². The van der Waals surface area contributed by atoms with Crippen molar-refractivity contribution in [3.63, 3.8) is 0 Å². The maximum atomic E-state index is 13.8. The second kappa shape index (κ2) is 13.4. The van der Waals surface area contributed by atoms with Crippen LogP contribution in [0.3, 0.4) is 0 Å². The molecule has 4 rings (SSSR count). The Morgan fingerprint density at radius 3 is 2.38 bits per heavy atom. The van der Waals surface area contributed by atoms with Crippen molar-refractivity contribution in [2.24, 2.45) is 4.99 Å². The van der Waals surface area contributed by atoms with Crippen molar-refractivity contribution in [1.29, 1.82) is 0 Å². The van der Waals surface area contributed by atoms with E-state index >= 15 is 0 Å². The van der Waals surface area contributed by atoms with Gasteiger partial charge in [-0.1, -0.05) is 54.6 Å². The van der Waals surface area contributed by atoms with E-state index in [0.717, 1.165) is 0 Å². The third kappa shape index (κ3) is 6.77. The summed E-state index contributed by atoms with van der Waals surface area (Å²) in [5.41, 5.74) is 5.16. The van der Waals surface area contributed by atoms with Gasteiger partial charge in [0, 0.05) is 31.6 Å². The predicted octanol–water partition coefficient (Wildman–Crippen LogP) is 3.38. The highest BCUT2D eigenvalue weighted by Gasteiger charge is 2.53. The lowest BCUT2D eigenvalue weighted by Crippen LogP contribution is -2.53. The zero-order chi connectivity index (χ0) is 28.4. The number of hydrogen-bond donors (Lipinski definition) is 3. The van der Waals surface area contributed by atoms with E-state index in [1.54, 1.807) is 48.5 Å². The van der Waals surface area contributed by atoms with Crippen LogP contribution in [0, 0.1) is 0 Å². The third-order valence-electron chi connectivity index (χ3n) is 6.43. The van der Waals surface area contributed by atoms with Crippen LogP contribution in [-0.2, 0) is 19.4 Å². The molecule has 0 aromatic heterocycles. The van der Waals surface area contributed by atoms with E-state index in [4.69, 9.17) is 19.6 Å². The van der Waals surface area contributed by atoms with E-state index in [-0.39, 0.29) is 29.6 Å². The first-order chi connectivity index (χ1) is 19.4. The molecular formula is C30H33N3O6S. The molecule has 3 aromatic rings. The number of hydrogen-bond acceptors (Lipinski definition) is 8. The Morgan fingerprint density at radius 2 is 1.73 bits per heavy atom. The van der Waals surface area contributed by atoms with E-state index in [1.165, 1.54) is 12.1 Å². The summed E-state index contributed by atoms with van der Waals surface area (Å²) in [5.74, 6) is -0.0216. The van der Waals surface area contributed by atoms with Crippen LogP contribution in [0.4, 0.5) is 0 Å². The molecule has 0 unspecified atom stereocenters. The number of nitrogens with zero attached hydrogens (tertiary/aromatic N) is 1. The van der Waals surface area contributed by atoms with Gasteiger partial charge in [0.05, 0.1) is 17.3 Å². The van der Waals surface area contributed by atoms with Crippen molar-refractivity contribution in [3.8, 4) is 5.75 Å². The Hall–Kier alpha value is -3.99. The number of nitrogens with one attached hydrogen (secondary N) is 2. The summed E-state index contributed by atoms with van der Waals surface area (Å²) < 4.78 is 38.5. The molecule has 0 aliphatic carbocycles. The summed E-state index contributed by atoms with van der Waals surface area (Å²) in [6.07, 6.45) is 1.09. The van der Waals surface area contributed by atoms with Crippen molar-refractivity contribution >= 4 is 21.6 Å². The number of rotatable bonds is 14. The van der Waals surface area contributed by atoms with Crippen LogP contribution < -0.4 is 15.6 Å². The molecule has 1 amide bonds. The molecule has 1 heterocycles. The zero-order valence-electron chi connectivity index (χ0n) is 22.0. The van der Waals surface area contributed by atoms with Gasteiger partial charge in [-0.25, -0.2) is 18.8 Å². The maximum Gasteiger partial charge on any atom is 0.266 e. The quantitative estimate of drug-likeness (QED) is 0.156. The summed E-state index contributed by atoms with van der Waals surface area (Å²) >= 11 is 0. The fourth-order valence-electron chi connectivity index (χ4n) is 4.35. The summed E-state index contributed by atoms with van der Waals surface area (Å²) in [6, 6.07) is 24.3. The Kier molecular flexibility index (Phi) is 9.70. The van der Waals surface area contributed by atoms with Gasteiger partial charge in [0.2, 0.25) is 5.90 Å². The van der Waals surface area contributed by atoms with Crippen LogP contribution in [0.25, 0.3) is 0 Å². The lowest BCUT2D eigenvalue weighted by Gasteiger charge is -2.30. The molecule has 10 heteroatoms. The van der Waals surface area contributed by atoms with Gasteiger partial charge in [0.25, 0.3) is 5.91 Å². The molecule has 0 radical (unpaired) electrons. The summed E-state index contributed by atoms with van der Waals surface area (Å²) in [6.45, 7) is 4.36. The van der Waals surface area contributed by atoms with Crippen molar-refractivity contribution in [3.05, 3.63) is 109 Å². The summed E-state index contributed by atoms with van der Waals surface area (Å²) in [7, 11) is -3.72. The maximum absolute atomic E-state index is 13.8. The Bertz CT molecular complexity index is 1410. The van der Waals surface area contributed by atoms with Gasteiger partial charge in [-0.3, -0.25) is 10.2 Å². The van der Waals surface area contributed by atoms with Crippen LogP contribution in [0.5, 0.6) is 5.75 Å². The second-order valence-corrected chi connectivity index (χ2v) is 11.3. The molecule has 0 saturated carbocycles. The standard InChI is InChI=1S/C30H33N3O6S/c1-2-19-31-33-29(35)30(18-22-40(36,37)26-12-7-4-8-13-26)27(23-10-5-3-6-11-23)39-28(32-30)24-14-16-25(17-15-24)38-21-9-20-34/h2-8,10-17,27,31,34H,1,9,18-22H2,(H,33,35)/t27-,30-/m0/s1. The molecule has 3 N–H and O–H groups in total. The van der Waals surface area contributed by atoms with Gasteiger partial charge in [0.15, 0.2) is 21.5 Å². The van der Waals surface area contributed by atoms with Gasteiger partial charge in [-0.2, -0.15) is 0 Å². The number of sulfone groups is 1. The average Bonchev–Trinajstić information content (AvgIpc) is 3.39. The molecular weight excluding hydrogens is 530 g/mol. The number of hydrazine groups is 1. The summed E-state index contributed by atoms with van der Waals surface area (Å²) in [4.78, 5) is 18.8. The fraction of sp³-hybridized carbons (Fsp3) is 0.267. The normalized spacial score (nSPS) is 18.4. The minimum Gasteiger partial charge on any atom is -0.494 e. The SMILES string of the molecule is C=CCNNC(=O)[C@@]1(CCS(=O)(=O)c2ccccc2)N=C(c2ccc(OCCCO)cc2)O[C@H]1c1ccccc1. The molecule has 0 bridgehead atoms. The van der Waals surface area contributed by atoms with Crippen LogP contribution in [0.1, 0.15) is 30.1 Å². The van der Waals surface area contributed by atoms with E-state index < -0.39 is 27.4 Å². The smallest absolute Gasteiger partial charge is 0.266 e. The number of benzene rings is 3. The first kappa shape index (κ1) is 29.0. The van der Waals surface area contributed by atoms with E-state index in [2.05, 4.69) is 17.4 Å². The van der Waals surface area contributed by atoms with Crippen LogP contribution in [0.2, 0.25) is 0 Å². The van der Waals surface area contributed by atoms with Crippen molar-refractivity contribution in [2.75, 3.05) is 25.5 Å². The monoisotopic (exact) mass is 563 g/mol. The largest absolute Gasteiger partial charge is 0.494 e. The molecule has 40 heavy (non-hydrogen) atoms. The highest BCUT2D eigenvalue weighted by molar-refractivity contribution is 7.91. The number of amides is 1. The van der Waals surface area contributed by atoms with Gasteiger partial charge in [-0.15, -0.1) is 6.58 Å². The molecule has 0 fully saturated rings. The zero-order valence-corrected chi connectivity index (χ0v) is 22.8. The number of aliphatic hydroxyl groups excluding tert-OH is 1. The molecule has 210 valence electrons. The first-order valence-electron chi connectivity index (χ1n) is 13.0. The van der Waals surface area contributed by atoms with Gasteiger partial charge in [0.1, 0.15) is 5.75 Å². The molecule has 1 aliphatic rings. The molecule has 3 aromatic carbocycles. The van der Waals surface area contributed by atoms with E-state index in [9.17, 15) is 13.2 Å². The Balaban J connectivity index is 1.73. The molecule has 9 nitrogen and oxygen atoms in total. The number of aliphatic hydroxyl groups is 1. The third-order valence-corrected chi connectivity index (χ3v) is 8.17. The Morgan fingerprint density at radius 1 is 1.05 bits per heavy atom.